The van der Waals surface area contributed by atoms with Gasteiger partial charge in [-0.2, -0.15) is 0 Å². The van der Waals surface area contributed by atoms with Crippen molar-refractivity contribution in [2.45, 2.75) is 0 Å². The molecule has 0 fully saturated rings. The summed E-state index contributed by atoms with van der Waals surface area (Å²) in [7, 11) is -4.61. The smallest absolute Gasteiger partial charge is 1.00 e. The van der Waals surface area contributed by atoms with Crippen LogP contribution in [0.2, 0.25) is 0 Å². The molecule has 50 valence electrons. The maximum Gasteiger partial charge on any atom is 2.00 e. The van der Waals surface area contributed by atoms with Crippen LogP contribution >= 0.6 is 0 Å². The maximum atomic E-state index is 7.33. The fraction of sp³-hybridized carbons (Fsp3) is 0. The number of rotatable bonds is 0. The van der Waals surface area contributed by atoms with E-state index in [0.29, 0.717) is 0 Å². The Kier molecular flexibility index (Phi) is 47.7. The van der Waals surface area contributed by atoms with Gasteiger partial charge in [-0.3, -0.25) is 0 Å². The molecule has 0 aromatic heterocycles. The van der Waals surface area contributed by atoms with E-state index in [2.05, 4.69) is 0 Å². The molecule has 0 atom stereocenters. The van der Waals surface area contributed by atoms with Crippen LogP contribution in [0.4, 0.5) is 0 Å². The molecule has 0 aliphatic carbocycles. The van der Waals surface area contributed by atoms with Gasteiger partial charge < -0.3 is 27.7 Å². The molecule has 0 aliphatic heterocycles. The molecular weight excluding hydrogens is 321 g/mol. The molecule has 0 unspecified atom stereocenters. The molecule has 0 bridgehead atoms. The largest absolute Gasteiger partial charge is 2.00 e. The van der Waals surface area contributed by atoms with Crippen molar-refractivity contribution in [3.05, 3.63) is 0 Å². The molecule has 0 spiro atoms. The molecule has 9 heavy (non-hydrogen) atoms. The summed E-state index contributed by atoms with van der Waals surface area (Å²) >= 11 is 0. The van der Waals surface area contributed by atoms with Gasteiger partial charge >= 0.3 is 119 Å². The molecular formula is H13AlBaCaMgO4Si. The quantitative estimate of drug-likeness (QED) is 0.338. The third kappa shape index (κ3) is 72.1. The first-order valence-corrected chi connectivity index (χ1v) is 2.68. The van der Waals surface area contributed by atoms with Gasteiger partial charge in [0.05, 0.1) is 0 Å². The Balaban J connectivity index is -0.00000000178. The molecule has 0 aromatic carbocycles. The van der Waals surface area contributed by atoms with Crippen LogP contribution in [0.1, 0.15) is 8.56 Å². The van der Waals surface area contributed by atoms with Crippen LogP contribution in [0.5, 0.6) is 0 Å². The van der Waals surface area contributed by atoms with Gasteiger partial charge in [0.1, 0.15) is 0 Å². The summed E-state index contributed by atoms with van der Waals surface area (Å²) < 4.78 is 0. The van der Waals surface area contributed by atoms with E-state index in [0.717, 1.165) is 0 Å². The molecule has 4 nitrogen and oxygen atoms in total. The maximum absolute atomic E-state index is 7.33. The van der Waals surface area contributed by atoms with E-state index in [9.17, 15) is 0 Å². The Bertz CT molecular complexity index is 50.6. The summed E-state index contributed by atoms with van der Waals surface area (Å²) in [5.74, 6) is 0. The number of hydrogen-bond donors (Lipinski definition) is 4. The Morgan fingerprint density at radius 1 is 1.00 bits per heavy atom. The van der Waals surface area contributed by atoms with Crippen molar-refractivity contribution in [3.63, 3.8) is 0 Å². The van der Waals surface area contributed by atoms with Crippen LogP contribution in [0.15, 0.2) is 0 Å². The van der Waals surface area contributed by atoms with Crippen molar-refractivity contribution in [3.8, 4) is 0 Å². The predicted octanol–water partition coefficient (Wildman–Crippen LogP) is -4.26. The van der Waals surface area contributed by atoms with Crippen LogP contribution in [0.25, 0.3) is 0 Å². The van der Waals surface area contributed by atoms with E-state index in [1.165, 1.54) is 0 Å². The summed E-state index contributed by atoms with van der Waals surface area (Å²) in [5.41, 5.74) is 0. The van der Waals surface area contributed by atoms with Crippen LogP contribution in [-0.4, -0.2) is 155 Å². The predicted molar refractivity (Wildman–Crippen MR) is 48.5 cm³/mol. The zero-order valence-electron chi connectivity index (χ0n) is 10.4. The SMILES string of the molecule is O[Si](O)(O)O.[AlH3].[Ba+2].[Ca+2].[H-].[H-].[H-].[H-].[H-].[H-].[Mg+2]. The van der Waals surface area contributed by atoms with E-state index < -0.39 is 9.05 Å². The second-order valence-corrected chi connectivity index (χ2v) is 1.80. The van der Waals surface area contributed by atoms with Gasteiger partial charge in [-0.05, 0) is 0 Å². The van der Waals surface area contributed by atoms with Gasteiger partial charge in [-0.1, -0.05) is 0 Å². The summed E-state index contributed by atoms with van der Waals surface area (Å²) in [5, 5.41) is 0. The summed E-state index contributed by atoms with van der Waals surface area (Å²) in [4.78, 5) is 29.3. The van der Waals surface area contributed by atoms with Crippen molar-refractivity contribution >= 4 is 136 Å². The molecule has 0 aliphatic rings. The van der Waals surface area contributed by atoms with Crippen LogP contribution < -0.4 is 0 Å². The molecule has 0 radical (unpaired) electrons. The molecule has 0 saturated heterocycles. The summed E-state index contributed by atoms with van der Waals surface area (Å²) in [6.45, 7) is 0. The zero-order valence-corrected chi connectivity index (χ0v) is 13.5. The minimum Gasteiger partial charge on any atom is -1.00 e. The van der Waals surface area contributed by atoms with Crippen LogP contribution in [0, 0.1) is 0 Å². The van der Waals surface area contributed by atoms with Crippen LogP contribution in [0.3, 0.4) is 0 Å². The summed E-state index contributed by atoms with van der Waals surface area (Å²) in [6.07, 6.45) is 0. The third-order valence-corrected chi connectivity index (χ3v) is 0. The van der Waals surface area contributed by atoms with Gasteiger partial charge in [0.15, 0.2) is 17.4 Å². The van der Waals surface area contributed by atoms with E-state index in [1.54, 1.807) is 0 Å². The van der Waals surface area contributed by atoms with Gasteiger partial charge in [-0.15, -0.1) is 0 Å². The second kappa shape index (κ2) is 14.7. The Morgan fingerprint density at radius 3 is 1.00 bits per heavy atom. The average Bonchev–Trinajstić information content (AvgIpc) is 0.722. The van der Waals surface area contributed by atoms with E-state index in [-0.39, 0.29) is 136 Å². The fourth-order valence-electron chi connectivity index (χ4n) is 0. The average molecular weight is 334 g/mol. The zero-order chi connectivity index (χ0) is 4.50. The standard InChI is InChI=1S/Al.Ba.Ca.Mg.H4O4Si.9H/c;;;;1-5(2,3)4;;;;;;;;;/h;;;;1-4H;;;;;;;;;/q;3*+2;;;;;6*-1. The van der Waals surface area contributed by atoms with E-state index in [1.807, 2.05) is 0 Å². The first-order chi connectivity index (χ1) is 2.00. The first kappa shape index (κ1) is 29.2. The van der Waals surface area contributed by atoms with Gasteiger partial charge in [-0.25, -0.2) is 0 Å². The van der Waals surface area contributed by atoms with Crippen molar-refractivity contribution in [1.29, 1.82) is 0 Å². The molecule has 9 heteroatoms. The van der Waals surface area contributed by atoms with Crippen molar-refractivity contribution in [2.75, 3.05) is 0 Å². The van der Waals surface area contributed by atoms with E-state index in [4.69, 9.17) is 19.2 Å². The molecule has 0 saturated carbocycles. The van der Waals surface area contributed by atoms with Gasteiger partial charge in [0.25, 0.3) is 0 Å². The molecule has 0 heterocycles. The first-order valence-electron chi connectivity index (χ1n) is 0.894. The van der Waals surface area contributed by atoms with Gasteiger partial charge in [0, 0.05) is 0 Å². The Morgan fingerprint density at radius 2 is 1.00 bits per heavy atom. The molecule has 0 rings (SSSR count). The van der Waals surface area contributed by atoms with Gasteiger partial charge in [0.2, 0.25) is 0 Å². The number of hydrogen-bond acceptors (Lipinski definition) is 4. The fourth-order valence-corrected chi connectivity index (χ4v) is 0. The Hall–Kier alpha value is 4.19. The van der Waals surface area contributed by atoms with Crippen LogP contribution in [-0.2, 0) is 0 Å². The molecule has 0 aromatic rings. The van der Waals surface area contributed by atoms with Crippen molar-refractivity contribution < 1.29 is 27.7 Å². The monoisotopic (exact) mass is 334 g/mol. The second-order valence-electron chi connectivity index (χ2n) is 0.600. The minimum absolute atomic E-state index is 0. The Labute approximate surface area is 160 Å². The normalized spacial score (nSPS) is 6.67. The van der Waals surface area contributed by atoms with Crippen molar-refractivity contribution in [2.24, 2.45) is 0 Å². The summed E-state index contributed by atoms with van der Waals surface area (Å²) in [6, 6.07) is 0. The van der Waals surface area contributed by atoms with Crippen molar-refractivity contribution in [1.82, 2.24) is 0 Å². The third-order valence-electron chi connectivity index (χ3n) is 0. The topological polar surface area (TPSA) is 80.9 Å². The minimum atomic E-state index is -4.61. The van der Waals surface area contributed by atoms with E-state index >= 15 is 0 Å². The molecule has 0 amide bonds. The molecule has 4 N–H and O–H groups in total.